The molecular formula is C24H21N5O2S. The van der Waals surface area contributed by atoms with Gasteiger partial charge in [0.05, 0.1) is 12.8 Å². The lowest BCUT2D eigenvalue weighted by atomic mass is 10.2. The quantitative estimate of drug-likeness (QED) is 0.155. The molecule has 32 heavy (non-hydrogen) atoms. The molecule has 0 aliphatic rings. The maximum absolute atomic E-state index is 12.5. The zero-order valence-electron chi connectivity index (χ0n) is 17.6. The van der Waals surface area contributed by atoms with Gasteiger partial charge in [0.15, 0.2) is 5.82 Å². The number of hydrogen-bond acceptors (Lipinski definition) is 7. The minimum atomic E-state index is -0.569. The summed E-state index contributed by atoms with van der Waals surface area (Å²) in [7, 11) is 1.32. The van der Waals surface area contributed by atoms with E-state index in [1.54, 1.807) is 0 Å². The lowest BCUT2D eigenvalue weighted by molar-refractivity contribution is -0.132. The van der Waals surface area contributed by atoms with Gasteiger partial charge in [0.1, 0.15) is 0 Å². The van der Waals surface area contributed by atoms with E-state index in [0.717, 1.165) is 34.3 Å². The summed E-state index contributed by atoms with van der Waals surface area (Å²) in [6.07, 6.45) is 0. The monoisotopic (exact) mass is 443 g/mol. The first-order valence-corrected chi connectivity index (χ1v) is 10.7. The second-order valence-electron chi connectivity index (χ2n) is 6.78. The fourth-order valence-electron chi connectivity index (χ4n) is 3.01. The number of aromatic nitrogens is 3. The normalized spacial score (nSPS) is 11.2. The molecule has 1 aromatic heterocycles. The van der Waals surface area contributed by atoms with Gasteiger partial charge < -0.3 is 4.74 Å². The summed E-state index contributed by atoms with van der Waals surface area (Å²) in [6, 6.07) is 27.2. The van der Waals surface area contributed by atoms with E-state index in [-0.39, 0.29) is 5.04 Å². The molecule has 0 saturated heterocycles. The average molecular weight is 444 g/mol. The van der Waals surface area contributed by atoms with Gasteiger partial charge in [0.25, 0.3) is 0 Å². The van der Waals surface area contributed by atoms with Gasteiger partial charge in [0, 0.05) is 11.3 Å². The number of hydrazone groups is 1. The van der Waals surface area contributed by atoms with Gasteiger partial charge in [-0.1, -0.05) is 66.7 Å². The van der Waals surface area contributed by atoms with E-state index in [2.05, 4.69) is 20.7 Å². The minimum absolute atomic E-state index is 0.111. The van der Waals surface area contributed by atoms with Crippen LogP contribution in [0.25, 0.3) is 17.1 Å². The minimum Gasteiger partial charge on any atom is -0.464 e. The molecule has 0 atom stereocenters. The molecule has 160 valence electrons. The Hall–Kier alpha value is -3.91. The van der Waals surface area contributed by atoms with Crippen LogP contribution in [-0.4, -0.2) is 32.9 Å². The van der Waals surface area contributed by atoms with Crippen LogP contribution in [0.3, 0.4) is 0 Å². The van der Waals surface area contributed by atoms with Gasteiger partial charge in [-0.15, -0.1) is 10.2 Å². The fraction of sp³-hybridized carbons (Fsp3) is 0.0833. The maximum Gasteiger partial charge on any atom is 0.365 e. The molecule has 1 N–H and O–H groups in total. The fourth-order valence-corrected chi connectivity index (χ4v) is 3.81. The van der Waals surface area contributed by atoms with E-state index < -0.39 is 5.97 Å². The van der Waals surface area contributed by atoms with Crippen molar-refractivity contribution in [2.45, 2.75) is 12.1 Å². The molecule has 8 heteroatoms. The van der Waals surface area contributed by atoms with E-state index in [1.807, 2.05) is 96.4 Å². The molecule has 0 aliphatic heterocycles. The Morgan fingerprint density at radius 2 is 1.59 bits per heavy atom. The van der Waals surface area contributed by atoms with Gasteiger partial charge in [-0.3, -0.25) is 9.99 Å². The van der Waals surface area contributed by atoms with Crippen molar-refractivity contribution < 1.29 is 9.53 Å². The lowest BCUT2D eigenvalue weighted by Crippen LogP contribution is -2.15. The summed E-state index contributed by atoms with van der Waals surface area (Å²) in [5.41, 5.74) is 6.53. The highest BCUT2D eigenvalue weighted by molar-refractivity contribution is 8.15. The molecule has 0 spiro atoms. The molecule has 0 unspecified atom stereocenters. The summed E-state index contributed by atoms with van der Waals surface area (Å²) >= 11 is 1.09. The number of hydrogen-bond donors (Lipinski definition) is 1. The van der Waals surface area contributed by atoms with Crippen molar-refractivity contribution in [1.29, 1.82) is 0 Å². The van der Waals surface area contributed by atoms with Crippen molar-refractivity contribution in [3.8, 4) is 17.1 Å². The molecule has 0 bridgehead atoms. The predicted octanol–water partition coefficient (Wildman–Crippen LogP) is 4.93. The summed E-state index contributed by atoms with van der Waals surface area (Å²) < 4.78 is 6.85. The number of thioether (sulfide) groups is 1. The summed E-state index contributed by atoms with van der Waals surface area (Å²) in [5.74, 6) is 0.0929. The van der Waals surface area contributed by atoms with Crippen LogP contribution in [0.5, 0.6) is 0 Å². The third-order valence-corrected chi connectivity index (χ3v) is 5.55. The number of carbonyl (C=O) groups is 1. The highest BCUT2D eigenvalue weighted by Crippen LogP contribution is 2.29. The molecule has 4 aromatic rings. The van der Waals surface area contributed by atoms with Gasteiger partial charge >= 0.3 is 5.97 Å². The summed E-state index contributed by atoms with van der Waals surface area (Å²) in [6.45, 7) is 1.96. The average Bonchev–Trinajstić information content (AvgIpc) is 3.26. The van der Waals surface area contributed by atoms with Gasteiger partial charge in [0.2, 0.25) is 10.2 Å². The van der Waals surface area contributed by atoms with E-state index in [4.69, 9.17) is 4.74 Å². The van der Waals surface area contributed by atoms with E-state index in [9.17, 15) is 4.79 Å². The third-order valence-electron chi connectivity index (χ3n) is 4.65. The molecular weight excluding hydrogens is 422 g/mol. The zero-order valence-corrected chi connectivity index (χ0v) is 18.4. The standard InChI is InChI=1S/C24H21N5O2S/c1-17-11-9-10-16-20(17)25-27-22(23(30)31-2)32-24-28-26-21(18-12-5-3-6-13-18)29(24)19-14-7-4-8-15-19/h3-16,25H,1-2H3. The summed E-state index contributed by atoms with van der Waals surface area (Å²) in [5, 5.41) is 13.7. The first kappa shape index (κ1) is 21.3. The topological polar surface area (TPSA) is 81.4 Å². The Bertz CT molecular complexity index is 1240. The number of aryl methyl sites for hydroxylation is 1. The number of para-hydroxylation sites is 2. The molecule has 0 amide bonds. The highest BCUT2D eigenvalue weighted by atomic mass is 32.2. The first-order chi connectivity index (χ1) is 15.7. The zero-order chi connectivity index (χ0) is 22.3. The van der Waals surface area contributed by atoms with Crippen LogP contribution in [0.4, 0.5) is 5.69 Å². The van der Waals surface area contributed by atoms with E-state index in [1.165, 1.54) is 7.11 Å². The number of rotatable bonds is 5. The van der Waals surface area contributed by atoms with Gasteiger partial charge in [-0.05, 0) is 42.4 Å². The molecule has 0 radical (unpaired) electrons. The Balaban J connectivity index is 1.74. The largest absolute Gasteiger partial charge is 0.464 e. The molecule has 0 saturated carbocycles. The van der Waals surface area contributed by atoms with Crippen molar-refractivity contribution in [2.75, 3.05) is 12.5 Å². The smallest absolute Gasteiger partial charge is 0.365 e. The number of esters is 1. The second-order valence-corrected chi connectivity index (χ2v) is 7.74. The molecule has 3 aromatic carbocycles. The number of carbonyl (C=O) groups excluding carboxylic acids is 1. The Kier molecular flexibility index (Phi) is 6.62. The van der Waals surface area contributed by atoms with E-state index >= 15 is 0 Å². The Morgan fingerprint density at radius 1 is 0.938 bits per heavy atom. The molecule has 0 fully saturated rings. The Labute approximate surface area is 190 Å². The molecule has 0 aliphatic carbocycles. The number of methoxy groups -OCH3 is 1. The van der Waals surface area contributed by atoms with Crippen LogP contribution in [0.2, 0.25) is 0 Å². The van der Waals surface area contributed by atoms with Crippen LogP contribution < -0.4 is 5.43 Å². The van der Waals surface area contributed by atoms with Crippen molar-refractivity contribution in [1.82, 2.24) is 14.8 Å². The van der Waals surface area contributed by atoms with Crippen molar-refractivity contribution in [3.05, 3.63) is 90.5 Å². The number of nitrogens with zero attached hydrogens (tertiary/aromatic N) is 4. The van der Waals surface area contributed by atoms with Crippen LogP contribution >= 0.6 is 11.8 Å². The SMILES string of the molecule is COC(=O)C(=NNc1ccccc1C)Sc1nnc(-c2ccccc2)n1-c1ccccc1. The second kappa shape index (κ2) is 9.93. The third kappa shape index (κ3) is 4.70. The van der Waals surface area contributed by atoms with Gasteiger partial charge in [-0.25, -0.2) is 4.79 Å². The van der Waals surface area contributed by atoms with Crippen LogP contribution in [-0.2, 0) is 9.53 Å². The lowest BCUT2D eigenvalue weighted by Gasteiger charge is -2.11. The Morgan fingerprint density at radius 3 is 2.28 bits per heavy atom. The predicted molar refractivity (Wildman–Crippen MR) is 127 cm³/mol. The molecule has 4 rings (SSSR count). The van der Waals surface area contributed by atoms with Crippen LogP contribution in [0.15, 0.2) is 95.2 Å². The molecule has 7 nitrogen and oxygen atoms in total. The number of ether oxygens (including phenoxy) is 1. The summed E-state index contributed by atoms with van der Waals surface area (Å²) in [4.78, 5) is 12.5. The number of benzene rings is 3. The van der Waals surface area contributed by atoms with Gasteiger partial charge in [-0.2, -0.15) is 5.10 Å². The number of nitrogens with one attached hydrogen (secondary N) is 1. The highest BCUT2D eigenvalue weighted by Gasteiger charge is 2.22. The van der Waals surface area contributed by atoms with Crippen LogP contribution in [0.1, 0.15) is 5.56 Å². The maximum atomic E-state index is 12.5. The van der Waals surface area contributed by atoms with Crippen LogP contribution in [0, 0.1) is 6.92 Å². The van der Waals surface area contributed by atoms with Crippen molar-refractivity contribution in [2.24, 2.45) is 5.10 Å². The first-order valence-electron chi connectivity index (χ1n) is 9.89. The number of anilines is 1. The molecule has 1 heterocycles. The van der Waals surface area contributed by atoms with E-state index in [0.29, 0.717) is 11.0 Å². The van der Waals surface area contributed by atoms with Crippen molar-refractivity contribution >= 4 is 28.5 Å². The van der Waals surface area contributed by atoms with Crippen molar-refractivity contribution in [3.63, 3.8) is 0 Å².